The first kappa shape index (κ1) is 24.4. The molecule has 34 heavy (non-hydrogen) atoms. The molecule has 0 heterocycles. The number of nitrogens with one attached hydrogen (secondary N) is 1. The molecule has 3 aromatic carbocycles. The van der Waals surface area contributed by atoms with Gasteiger partial charge < -0.3 is 4.74 Å². The van der Waals surface area contributed by atoms with Crippen LogP contribution in [0.1, 0.15) is 20.7 Å². The number of para-hydroxylation sites is 1. The van der Waals surface area contributed by atoms with Crippen molar-refractivity contribution in [2.24, 2.45) is 0 Å². The highest BCUT2D eigenvalue weighted by Crippen LogP contribution is 2.24. The van der Waals surface area contributed by atoms with Gasteiger partial charge in [0.1, 0.15) is 0 Å². The molecule has 9 heteroatoms. The second-order valence-electron chi connectivity index (χ2n) is 7.01. The summed E-state index contributed by atoms with van der Waals surface area (Å²) in [5.74, 6) is -2.35. The van der Waals surface area contributed by atoms with Crippen molar-refractivity contribution in [1.29, 1.82) is 0 Å². The molecule has 0 fully saturated rings. The lowest BCUT2D eigenvalue weighted by Crippen LogP contribution is -2.34. The number of esters is 1. The number of anilines is 1. The number of ether oxygens (including phenoxy) is 1. The smallest absolute Gasteiger partial charge is 0.338 e. The van der Waals surface area contributed by atoms with Gasteiger partial charge in [0.15, 0.2) is 6.61 Å². The van der Waals surface area contributed by atoms with Crippen LogP contribution in [0.3, 0.4) is 0 Å². The van der Waals surface area contributed by atoms with Crippen molar-refractivity contribution in [3.63, 3.8) is 0 Å². The van der Waals surface area contributed by atoms with E-state index in [2.05, 4.69) is 11.9 Å². The molecule has 3 aromatic rings. The maximum atomic E-state index is 13.2. The van der Waals surface area contributed by atoms with Crippen molar-refractivity contribution in [3.8, 4) is 0 Å². The summed E-state index contributed by atoms with van der Waals surface area (Å²) in [5, 5.41) is 2.12. The van der Waals surface area contributed by atoms with Crippen molar-refractivity contribution in [2.45, 2.75) is 4.90 Å². The van der Waals surface area contributed by atoms with Crippen LogP contribution in [0.25, 0.3) is 0 Å². The summed E-state index contributed by atoms with van der Waals surface area (Å²) in [7, 11) is -4.02. The Hall–Kier alpha value is -4.24. The molecule has 0 aliphatic carbocycles. The summed E-state index contributed by atoms with van der Waals surface area (Å²) in [6.45, 7) is 2.93. The Morgan fingerprint density at radius 2 is 1.50 bits per heavy atom. The van der Waals surface area contributed by atoms with E-state index in [0.29, 0.717) is 5.69 Å². The van der Waals surface area contributed by atoms with E-state index in [-0.39, 0.29) is 22.6 Å². The highest BCUT2D eigenvalue weighted by atomic mass is 32.2. The minimum atomic E-state index is -4.02. The van der Waals surface area contributed by atoms with Crippen LogP contribution < -0.4 is 9.62 Å². The molecule has 0 saturated heterocycles. The third kappa shape index (κ3) is 5.96. The minimum Gasteiger partial charge on any atom is -0.452 e. The number of carbonyl (C=O) groups excluding carboxylic acids is 3. The van der Waals surface area contributed by atoms with Gasteiger partial charge in [-0.2, -0.15) is 0 Å². The largest absolute Gasteiger partial charge is 0.452 e. The molecule has 0 bridgehead atoms. The van der Waals surface area contributed by atoms with Crippen molar-refractivity contribution < 1.29 is 27.5 Å². The lowest BCUT2D eigenvalue weighted by atomic mass is 10.2. The predicted octanol–water partition coefficient (Wildman–Crippen LogP) is 3.18. The average molecular weight is 479 g/mol. The molecule has 0 saturated carbocycles. The van der Waals surface area contributed by atoms with Gasteiger partial charge in [-0.25, -0.2) is 13.2 Å². The summed E-state index contributed by atoms with van der Waals surface area (Å²) in [4.78, 5) is 36.3. The summed E-state index contributed by atoms with van der Waals surface area (Å²) >= 11 is 0. The Morgan fingerprint density at radius 3 is 2.15 bits per heavy atom. The normalized spacial score (nSPS) is 10.7. The predicted molar refractivity (Wildman–Crippen MR) is 127 cm³/mol. The van der Waals surface area contributed by atoms with Crippen LogP contribution in [0.15, 0.2) is 102 Å². The van der Waals surface area contributed by atoms with Crippen LogP contribution in [0.2, 0.25) is 0 Å². The molecule has 0 unspecified atom stereocenters. The highest BCUT2D eigenvalue weighted by molar-refractivity contribution is 7.92. The van der Waals surface area contributed by atoms with Gasteiger partial charge in [0.2, 0.25) is 0 Å². The zero-order valence-electron chi connectivity index (χ0n) is 18.1. The molecule has 2 amide bonds. The Morgan fingerprint density at radius 1 is 0.882 bits per heavy atom. The molecule has 3 rings (SSSR count). The minimum absolute atomic E-state index is 0.0244. The third-order valence-electron chi connectivity index (χ3n) is 4.62. The summed E-state index contributed by atoms with van der Waals surface area (Å²) in [6, 6.07) is 21.9. The number of rotatable bonds is 9. The first-order valence-corrected chi connectivity index (χ1v) is 11.6. The Labute approximate surface area is 197 Å². The van der Waals surface area contributed by atoms with Gasteiger partial charge in [0, 0.05) is 5.56 Å². The molecule has 174 valence electrons. The maximum Gasteiger partial charge on any atom is 0.338 e. The fourth-order valence-corrected chi connectivity index (χ4v) is 4.49. The molecule has 0 aliphatic heterocycles. The van der Waals surface area contributed by atoms with Gasteiger partial charge in [0.05, 0.1) is 22.7 Å². The van der Waals surface area contributed by atoms with Gasteiger partial charge >= 0.3 is 5.97 Å². The van der Waals surface area contributed by atoms with E-state index in [1.807, 2.05) is 0 Å². The molecular formula is C25H22N2O6S. The third-order valence-corrected chi connectivity index (χ3v) is 6.41. The lowest BCUT2D eigenvalue weighted by Gasteiger charge is -2.23. The van der Waals surface area contributed by atoms with Crippen molar-refractivity contribution >= 4 is 33.5 Å². The van der Waals surface area contributed by atoms with Crippen molar-refractivity contribution in [1.82, 2.24) is 5.32 Å². The SMILES string of the molecule is C=CCN(c1ccccc1)S(=O)(=O)c1cccc(C(=O)OCC(=O)NC(=O)c2ccccc2)c1. The van der Waals surface area contributed by atoms with E-state index in [9.17, 15) is 22.8 Å². The standard InChI is InChI=1S/C25H22N2O6S/c1-2-16-27(21-13-7-4-8-14-21)34(31,32)22-15-9-12-20(17-22)25(30)33-18-23(28)26-24(29)19-10-5-3-6-11-19/h2-15,17H,1,16,18H2,(H,26,28,29). The maximum absolute atomic E-state index is 13.2. The average Bonchev–Trinajstić information content (AvgIpc) is 2.86. The topological polar surface area (TPSA) is 110 Å². The van der Waals surface area contributed by atoms with Crippen molar-refractivity contribution in [2.75, 3.05) is 17.5 Å². The lowest BCUT2D eigenvalue weighted by molar-refractivity contribution is -0.123. The number of hydrogen-bond donors (Lipinski definition) is 1. The molecule has 1 N–H and O–H groups in total. The quantitative estimate of drug-likeness (QED) is 0.374. The molecule has 0 atom stereocenters. The van der Waals surface area contributed by atoms with E-state index in [0.717, 1.165) is 4.31 Å². The fourth-order valence-electron chi connectivity index (χ4n) is 3.00. The Balaban J connectivity index is 1.70. The van der Waals surface area contributed by atoms with Gasteiger partial charge in [-0.3, -0.25) is 19.2 Å². The van der Waals surface area contributed by atoms with Gasteiger partial charge in [-0.05, 0) is 42.5 Å². The Bertz CT molecular complexity index is 1290. The van der Waals surface area contributed by atoms with Gasteiger partial charge in [-0.1, -0.05) is 48.5 Å². The second-order valence-corrected chi connectivity index (χ2v) is 8.87. The van der Waals surface area contributed by atoms with Crippen LogP contribution in [-0.2, 0) is 19.6 Å². The molecule has 0 aliphatic rings. The molecule has 0 spiro atoms. The highest BCUT2D eigenvalue weighted by Gasteiger charge is 2.25. The first-order chi connectivity index (χ1) is 16.3. The van der Waals surface area contributed by atoms with Gasteiger partial charge in [-0.15, -0.1) is 6.58 Å². The van der Waals surface area contributed by atoms with Gasteiger partial charge in [0.25, 0.3) is 21.8 Å². The van der Waals surface area contributed by atoms with Crippen LogP contribution >= 0.6 is 0 Å². The summed E-state index contributed by atoms with van der Waals surface area (Å²) in [5.41, 5.74) is 0.660. The Kier molecular flexibility index (Phi) is 7.94. The zero-order valence-corrected chi connectivity index (χ0v) is 18.9. The van der Waals surface area contributed by atoms with E-state index in [1.54, 1.807) is 48.5 Å². The van der Waals surface area contributed by atoms with Crippen LogP contribution in [0, 0.1) is 0 Å². The van der Waals surface area contributed by atoms with E-state index < -0.39 is 34.4 Å². The molecule has 8 nitrogen and oxygen atoms in total. The van der Waals surface area contributed by atoms with Crippen molar-refractivity contribution in [3.05, 3.63) is 109 Å². The van der Waals surface area contributed by atoms with E-state index in [4.69, 9.17) is 4.74 Å². The molecule has 0 radical (unpaired) electrons. The number of sulfonamides is 1. The number of carbonyl (C=O) groups is 3. The summed E-state index contributed by atoms with van der Waals surface area (Å²) in [6.07, 6.45) is 1.46. The number of benzene rings is 3. The second kappa shape index (κ2) is 11.1. The number of amides is 2. The molecular weight excluding hydrogens is 456 g/mol. The van der Waals surface area contributed by atoms with E-state index in [1.165, 1.54) is 42.5 Å². The number of nitrogens with zero attached hydrogens (tertiary/aromatic N) is 1. The van der Waals surface area contributed by atoms with E-state index >= 15 is 0 Å². The number of hydrogen-bond acceptors (Lipinski definition) is 6. The molecule has 0 aromatic heterocycles. The van der Waals surface area contributed by atoms with Crippen LogP contribution in [0.4, 0.5) is 5.69 Å². The summed E-state index contributed by atoms with van der Waals surface area (Å²) < 4.78 is 32.6. The first-order valence-electron chi connectivity index (χ1n) is 10.2. The van der Waals surface area contributed by atoms with Crippen LogP contribution in [0.5, 0.6) is 0 Å². The van der Waals surface area contributed by atoms with Crippen LogP contribution in [-0.4, -0.2) is 39.4 Å². The monoisotopic (exact) mass is 478 g/mol. The fraction of sp³-hybridized carbons (Fsp3) is 0.0800. The zero-order chi connectivity index (χ0) is 24.6. The number of imide groups is 1.